The van der Waals surface area contributed by atoms with Gasteiger partial charge >= 0.3 is 5.97 Å². The van der Waals surface area contributed by atoms with Crippen LogP contribution in [0.25, 0.3) is 0 Å². The first-order chi connectivity index (χ1) is 11.3. The van der Waals surface area contributed by atoms with Crippen LogP contribution in [-0.4, -0.2) is 48.1 Å². The lowest BCUT2D eigenvalue weighted by molar-refractivity contribution is -0.384. The molecular formula is C14H21N5O5. The van der Waals surface area contributed by atoms with Gasteiger partial charge in [0.15, 0.2) is 0 Å². The zero-order valence-corrected chi connectivity index (χ0v) is 13.2. The molecule has 1 rings (SSSR count). The highest BCUT2D eigenvalue weighted by atomic mass is 16.6. The lowest BCUT2D eigenvalue weighted by atomic mass is 10.1. The first-order valence-electron chi connectivity index (χ1n) is 7.29. The summed E-state index contributed by atoms with van der Waals surface area (Å²) < 4.78 is 0. The molecule has 0 heterocycles. The zero-order chi connectivity index (χ0) is 18.1. The van der Waals surface area contributed by atoms with Gasteiger partial charge in [0.05, 0.1) is 22.7 Å². The summed E-state index contributed by atoms with van der Waals surface area (Å²) in [6.07, 6.45) is 0.386. The smallest absolute Gasteiger partial charge is 0.321 e. The van der Waals surface area contributed by atoms with Crippen molar-refractivity contribution < 1.29 is 19.6 Å². The summed E-state index contributed by atoms with van der Waals surface area (Å²) in [6.45, 7) is 1.15. The first-order valence-corrected chi connectivity index (χ1v) is 7.29. The summed E-state index contributed by atoms with van der Waals surface area (Å²) in [5, 5.41) is 28.0. The van der Waals surface area contributed by atoms with Crippen LogP contribution >= 0.6 is 0 Å². The molecule has 0 aliphatic rings. The van der Waals surface area contributed by atoms with E-state index in [4.69, 9.17) is 10.8 Å². The van der Waals surface area contributed by atoms with E-state index in [1.807, 2.05) is 0 Å². The third-order valence-electron chi connectivity index (χ3n) is 3.20. The predicted octanol–water partition coefficient (Wildman–Crippen LogP) is 0.158. The second-order valence-electron chi connectivity index (χ2n) is 5.08. The van der Waals surface area contributed by atoms with Crippen LogP contribution in [0.5, 0.6) is 0 Å². The molecule has 1 aromatic rings. The van der Waals surface area contributed by atoms with Crippen molar-refractivity contribution in [1.82, 2.24) is 10.6 Å². The molecule has 0 fully saturated rings. The number of anilines is 2. The molecule has 1 amide bonds. The van der Waals surface area contributed by atoms with E-state index >= 15 is 0 Å². The van der Waals surface area contributed by atoms with E-state index in [2.05, 4.69) is 16.0 Å². The molecule has 1 atom stereocenters. The number of hydrogen-bond acceptors (Lipinski definition) is 7. The molecule has 6 N–H and O–H groups in total. The van der Waals surface area contributed by atoms with Gasteiger partial charge in [-0.1, -0.05) is 0 Å². The average Bonchev–Trinajstić information content (AvgIpc) is 2.52. The Hall–Kier alpha value is -2.72. The number of carbonyl (C=O) groups is 2. The normalized spacial score (nSPS) is 11.7. The standard InChI is InChI=1S/C14H21N5O5/c1-16-5-2-6-17-12(14(21)22)8-13(20)18-11-7-9(19(23)24)3-4-10(11)15/h3-4,7,12,16-17H,2,5-6,8,15H2,1H3,(H,18,20)(H,21,22). The average molecular weight is 339 g/mol. The Bertz CT molecular complexity index is 607. The fourth-order valence-electron chi connectivity index (χ4n) is 1.94. The summed E-state index contributed by atoms with van der Waals surface area (Å²) in [6, 6.07) is 2.60. The summed E-state index contributed by atoms with van der Waals surface area (Å²) >= 11 is 0. The molecule has 0 radical (unpaired) electrons. The Morgan fingerprint density at radius 2 is 2.08 bits per heavy atom. The number of carboxylic acids is 1. The minimum atomic E-state index is -1.15. The number of aliphatic carboxylic acids is 1. The van der Waals surface area contributed by atoms with Crippen LogP contribution in [0.2, 0.25) is 0 Å². The van der Waals surface area contributed by atoms with Crippen molar-refractivity contribution in [3.8, 4) is 0 Å². The fraction of sp³-hybridized carbons (Fsp3) is 0.429. The molecule has 0 spiro atoms. The maximum absolute atomic E-state index is 12.0. The Labute approximate surface area is 138 Å². The highest BCUT2D eigenvalue weighted by Crippen LogP contribution is 2.24. The van der Waals surface area contributed by atoms with E-state index in [1.165, 1.54) is 12.1 Å². The molecule has 10 heteroatoms. The zero-order valence-electron chi connectivity index (χ0n) is 13.2. The number of nitrogens with zero attached hydrogens (tertiary/aromatic N) is 1. The van der Waals surface area contributed by atoms with Crippen LogP contribution in [-0.2, 0) is 9.59 Å². The predicted molar refractivity (Wildman–Crippen MR) is 88.7 cm³/mol. The fourth-order valence-corrected chi connectivity index (χ4v) is 1.94. The number of rotatable bonds is 10. The second kappa shape index (κ2) is 9.43. The molecule has 24 heavy (non-hydrogen) atoms. The number of carbonyl (C=O) groups excluding carboxylic acids is 1. The number of nitrogens with one attached hydrogen (secondary N) is 3. The molecule has 1 unspecified atom stereocenters. The van der Waals surface area contributed by atoms with E-state index in [1.54, 1.807) is 7.05 Å². The molecule has 0 saturated heterocycles. The molecule has 0 saturated carbocycles. The summed E-state index contributed by atoms with van der Waals surface area (Å²) in [7, 11) is 1.78. The van der Waals surface area contributed by atoms with Crippen LogP contribution in [0, 0.1) is 10.1 Å². The van der Waals surface area contributed by atoms with Crippen molar-refractivity contribution in [2.45, 2.75) is 18.9 Å². The molecule has 0 aromatic heterocycles. The van der Waals surface area contributed by atoms with E-state index in [0.717, 1.165) is 12.6 Å². The van der Waals surface area contributed by atoms with E-state index in [-0.39, 0.29) is 23.5 Å². The van der Waals surface area contributed by atoms with Gasteiger partial charge in [0, 0.05) is 12.1 Å². The van der Waals surface area contributed by atoms with Crippen LogP contribution in [0.1, 0.15) is 12.8 Å². The molecule has 0 aliphatic heterocycles. The van der Waals surface area contributed by atoms with Gasteiger partial charge in [-0.3, -0.25) is 19.7 Å². The number of nitro benzene ring substituents is 1. The van der Waals surface area contributed by atoms with Gasteiger partial charge in [-0.05, 0) is 32.6 Å². The first kappa shape index (κ1) is 19.3. The molecule has 1 aromatic carbocycles. The second-order valence-corrected chi connectivity index (χ2v) is 5.08. The molecular weight excluding hydrogens is 318 g/mol. The van der Waals surface area contributed by atoms with Crippen molar-refractivity contribution in [1.29, 1.82) is 0 Å². The summed E-state index contributed by atoms with van der Waals surface area (Å²) in [5.74, 6) is -1.75. The van der Waals surface area contributed by atoms with Crippen molar-refractivity contribution in [3.05, 3.63) is 28.3 Å². The number of nitrogen functional groups attached to an aromatic ring is 1. The van der Waals surface area contributed by atoms with E-state index < -0.39 is 22.8 Å². The summed E-state index contributed by atoms with van der Waals surface area (Å²) in [5.41, 5.74) is 5.68. The largest absolute Gasteiger partial charge is 0.480 e. The van der Waals surface area contributed by atoms with Crippen LogP contribution < -0.4 is 21.7 Å². The molecule has 0 aliphatic carbocycles. The third-order valence-corrected chi connectivity index (χ3v) is 3.20. The van der Waals surface area contributed by atoms with E-state index in [0.29, 0.717) is 13.0 Å². The Morgan fingerprint density at radius 3 is 2.67 bits per heavy atom. The van der Waals surface area contributed by atoms with Gasteiger partial charge < -0.3 is 26.8 Å². The van der Waals surface area contributed by atoms with Crippen LogP contribution in [0.4, 0.5) is 17.1 Å². The Morgan fingerprint density at radius 1 is 1.38 bits per heavy atom. The highest BCUT2D eigenvalue weighted by Gasteiger charge is 2.21. The number of benzene rings is 1. The number of carboxylic acid groups (broad SMARTS) is 1. The lowest BCUT2D eigenvalue weighted by Gasteiger charge is -2.15. The molecule has 10 nitrogen and oxygen atoms in total. The minimum Gasteiger partial charge on any atom is -0.480 e. The van der Waals surface area contributed by atoms with Gasteiger partial charge in [0.1, 0.15) is 6.04 Å². The SMILES string of the molecule is CNCCCNC(CC(=O)Nc1cc([N+](=O)[O-])ccc1N)C(=O)O. The molecule has 0 bridgehead atoms. The van der Waals surface area contributed by atoms with E-state index in [9.17, 15) is 19.7 Å². The van der Waals surface area contributed by atoms with Crippen LogP contribution in [0.3, 0.4) is 0 Å². The Balaban J connectivity index is 2.67. The maximum atomic E-state index is 12.0. The topological polar surface area (TPSA) is 160 Å². The minimum absolute atomic E-state index is 0.0773. The van der Waals surface area contributed by atoms with Crippen molar-refractivity contribution in [2.75, 3.05) is 31.2 Å². The number of amides is 1. The monoisotopic (exact) mass is 339 g/mol. The Kier molecular flexibility index (Phi) is 7.59. The lowest BCUT2D eigenvalue weighted by Crippen LogP contribution is -2.40. The van der Waals surface area contributed by atoms with Gasteiger partial charge in [0.2, 0.25) is 5.91 Å². The molecule has 132 valence electrons. The number of hydrogen-bond donors (Lipinski definition) is 5. The van der Waals surface area contributed by atoms with Gasteiger partial charge in [-0.2, -0.15) is 0 Å². The number of nitro groups is 1. The van der Waals surface area contributed by atoms with Crippen LogP contribution in [0.15, 0.2) is 18.2 Å². The number of non-ortho nitro benzene ring substituents is 1. The number of nitrogens with two attached hydrogens (primary N) is 1. The van der Waals surface area contributed by atoms with Gasteiger partial charge in [-0.25, -0.2) is 0 Å². The summed E-state index contributed by atoms with van der Waals surface area (Å²) in [4.78, 5) is 33.3. The third kappa shape index (κ3) is 6.18. The van der Waals surface area contributed by atoms with Crippen molar-refractivity contribution in [2.24, 2.45) is 0 Å². The van der Waals surface area contributed by atoms with Crippen molar-refractivity contribution in [3.63, 3.8) is 0 Å². The van der Waals surface area contributed by atoms with Gasteiger partial charge in [0.25, 0.3) is 5.69 Å². The maximum Gasteiger partial charge on any atom is 0.321 e. The van der Waals surface area contributed by atoms with Crippen molar-refractivity contribution >= 4 is 28.9 Å². The van der Waals surface area contributed by atoms with Gasteiger partial charge in [-0.15, -0.1) is 0 Å². The quantitative estimate of drug-likeness (QED) is 0.174. The highest BCUT2D eigenvalue weighted by molar-refractivity contribution is 5.96.